The number of allylic oxidation sites excluding steroid dienone is 1. The lowest BCUT2D eigenvalue weighted by atomic mass is 10.1. The van der Waals surface area contributed by atoms with E-state index in [1.165, 1.54) is 69.1 Å². The van der Waals surface area contributed by atoms with Crippen molar-refractivity contribution in [2.75, 3.05) is 0 Å². The predicted octanol–water partition coefficient (Wildman–Crippen LogP) is 7.21. The van der Waals surface area contributed by atoms with Gasteiger partial charge in [-0.05, 0) is 30.4 Å². The second-order valence-corrected chi connectivity index (χ2v) is 6.40. The molecule has 0 aromatic heterocycles. The summed E-state index contributed by atoms with van der Waals surface area (Å²) < 4.78 is 0. The summed E-state index contributed by atoms with van der Waals surface area (Å²) in [6, 6.07) is 10.6. The Morgan fingerprint density at radius 3 is 2.05 bits per heavy atom. The SMILES string of the molecule is CCCCCCCCCCC/C=C/Sc1ccccc1. The average molecular weight is 291 g/mol. The quantitative estimate of drug-likeness (QED) is 0.289. The highest BCUT2D eigenvalue weighted by Gasteiger charge is 1.91. The fraction of sp³-hybridized carbons (Fsp3) is 0.579. The van der Waals surface area contributed by atoms with E-state index in [-0.39, 0.29) is 0 Å². The van der Waals surface area contributed by atoms with Gasteiger partial charge in [-0.1, -0.05) is 94.3 Å². The van der Waals surface area contributed by atoms with Crippen LogP contribution in [0.4, 0.5) is 0 Å². The van der Waals surface area contributed by atoms with E-state index < -0.39 is 0 Å². The van der Waals surface area contributed by atoms with E-state index in [9.17, 15) is 0 Å². The van der Waals surface area contributed by atoms with E-state index >= 15 is 0 Å². The fourth-order valence-corrected chi connectivity index (χ4v) is 2.97. The highest BCUT2D eigenvalue weighted by molar-refractivity contribution is 8.02. The number of hydrogen-bond acceptors (Lipinski definition) is 1. The second-order valence-electron chi connectivity index (χ2n) is 5.42. The van der Waals surface area contributed by atoms with E-state index in [0.29, 0.717) is 0 Å². The molecule has 112 valence electrons. The first-order chi connectivity index (χ1) is 9.93. The Morgan fingerprint density at radius 2 is 1.40 bits per heavy atom. The largest absolute Gasteiger partial charge is 0.0984 e. The zero-order chi connectivity index (χ0) is 14.3. The van der Waals surface area contributed by atoms with Crippen molar-refractivity contribution in [2.45, 2.75) is 76.0 Å². The third-order valence-corrected chi connectivity index (χ3v) is 4.39. The molecular formula is C19H30S. The Labute approximate surface area is 130 Å². The van der Waals surface area contributed by atoms with Crippen LogP contribution in [0.5, 0.6) is 0 Å². The summed E-state index contributed by atoms with van der Waals surface area (Å²) in [4.78, 5) is 1.33. The maximum atomic E-state index is 2.32. The van der Waals surface area contributed by atoms with E-state index in [1.807, 2.05) is 11.8 Å². The minimum atomic E-state index is 1.23. The number of thioether (sulfide) groups is 1. The summed E-state index contributed by atoms with van der Waals surface area (Å²) in [6.07, 6.45) is 16.3. The van der Waals surface area contributed by atoms with Crippen LogP contribution >= 0.6 is 11.8 Å². The van der Waals surface area contributed by atoms with E-state index in [0.717, 1.165) is 0 Å². The lowest BCUT2D eigenvalue weighted by molar-refractivity contribution is 0.566. The molecule has 0 bridgehead atoms. The molecule has 1 rings (SSSR count). The molecular weight excluding hydrogens is 260 g/mol. The minimum Gasteiger partial charge on any atom is -0.0984 e. The highest BCUT2D eigenvalue weighted by Crippen LogP contribution is 2.18. The van der Waals surface area contributed by atoms with Crippen molar-refractivity contribution >= 4 is 11.8 Å². The van der Waals surface area contributed by atoms with Gasteiger partial charge in [0.05, 0.1) is 0 Å². The third kappa shape index (κ3) is 10.1. The molecule has 0 spiro atoms. The van der Waals surface area contributed by atoms with Gasteiger partial charge in [-0.15, -0.1) is 0 Å². The Morgan fingerprint density at radius 1 is 0.800 bits per heavy atom. The molecule has 0 radical (unpaired) electrons. The van der Waals surface area contributed by atoms with Crippen LogP contribution in [-0.4, -0.2) is 0 Å². The lowest BCUT2D eigenvalue weighted by Crippen LogP contribution is -1.80. The molecule has 20 heavy (non-hydrogen) atoms. The molecule has 0 saturated carbocycles. The first kappa shape index (κ1) is 17.4. The van der Waals surface area contributed by atoms with Crippen molar-refractivity contribution in [1.82, 2.24) is 0 Å². The average Bonchev–Trinajstić information content (AvgIpc) is 2.49. The Bertz CT molecular complexity index is 329. The zero-order valence-electron chi connectivity index (χ0n) is 13.0. The van der Waals surface area contributed by atoms with Gasteiger partial charge in [-0.3, -0.25) is 0 Å². The van der Waals surface area contributed by atoms with Crippen LogP contribution in [0.2, 0.25) is 0 Å². The van der Waals surface area contributed by atoms with Gasteiger partial charge >= 0.3 is 0 Å². The van der Waals surface area contributed by atoms with E-state index in [4.69, 9.17) is 0 Å². The molecule has 0 saturated heterocycles. The number of benzene rings is 1. The van der Waals surface area contributed by atoms with Gasteiger partial charge in [0.25, 0.3) is 0 Å². The molecule has 0 aliphatic heterocycles. The number of hydrogen-bond donors (Lipinski definition) is 0. The van der Waals surface area contributed by atoms with Crippen LogP contribution in [0.1, 0.15) is 71.1 Å². The van der Waals surface area contributed by atoms with Crippen molar-refractivity contribution in [2.24, 2.45) is 0 Å². The molecule has 0 atom stereocenters. The summed E-state index contributed by atoms with van der Waals surface area (Å²) >= 11 is 1.82. The second kappa shape index (κ2) is 13.3. The monoisotopic (exact) mass is 290 g/mol. The van der Waals surface area contributed by atoms with Gasteiger partial charge in [0, 0.05) is 4.90 Å². The maximum absolute atomic E-state index is 2.32. The topological polar surface area (TPSA) is 0 Å². The molecule has 0 unspecified atom stereocenters. The van der Waals surface area contributed by atoms with Gasteiger partial charge in [0.1, 0.15) is 0 Å². The van der Waals surface area contributed by atoms with Gasteiger partial charge in [0.15, 0.2) is 0 Å². The van der Waals surface area contributed by atoms with Crippen molar-refractivity contribution in [1.29, 1.82) is 0 Å². The highest BCUT2D eigenvalue weighted by atomic mass is 32.2. The van der Waals surface area contributed by atoms with Crippen molar-refractivity contribution < 1.29 is 0 Å². The Balaban J connectivity index is 1.85. The first-order valence-electron chi connectivity index (χ1n) is 8.30. The van der Waals surface area contributed by atoms with Crippen LogP contribution < -0.4 is 0 Å². The Kier molecular flexibility index (Phi) is 11.5. The summed E-state index contributed by atoms with van der Waals surface area (Å²) in [7, 11) is 0. The lowest BCUT2D eigenvalue weighted by Gasteiger charge is -2.00. The summed E-state index contributed by atoms with van der Waals surface area (Å²) in [5.41, 5.74) is 0. The molecule has 0 aliphatic carbocycles. The molecule has 0 aliphatic rings. The molecule has 1 heteroatoms. The summed E-state index contributed by atoms with van der Waals surface area (Å²) in [5.74, 6) is 0. The fourth-order valence-electron chi connectivity index (χ4n) is 2.27. The van der Waals surface area contributed by atoms with Crippen molar-refractivity contribution in [3.05, 3.63) is 41.8 Å². The molecule has 0 fully saturated rings. The maximum Gasteiger partial charge on any atom is 0.0116 e. The smallest absolute Gasteiger partial charge is 0.0116 e. The molecule has 1 aromatic carbocycles. The standard InChI is InChI=1S/C19H30S/c1-2-3-4-5-6-7-8-9-10-11-15-18-20-19-16-13-12-14-17-19/h12-18H,2-11H2,1H3/b18-15+. The van der Waals surface area contributed by atoms with Crippen LogP contribution in [0.3, 0.4) is 0 Å². The molecule has 0 N–H and O–H groups in total. The van der Waals surface area contributed by atoms with Gasteiger partial charge in [-0.25, -0.2) is 0 Å². The summed E-state index contributed by atoms with van der Waals surface area (Å²) in [6.45, 7) is 2.28. The third-order valence-electron chi connectivity index (χ3n) is 3.52. The first-order valence-corrected chi connectivity index (χ1v) is 9.18. The predicted molar refractivity (Wildman–Crippen MR) is 93.3 cm³/mol. The van der Waals surface area contributed by atoms with Crippen LogP contribution in [0.15, 0.2) is 46.7 Å². The molecule has 0 amide bonds. The summed E-state index contributed by atoms with van der Waals surface area (Å²) in [5, 5.41) is 2.24. The van der Waals surface area contributed by atoms with Gasteiger partial charge < -0.3 is 0 Å². The van der Waals surface area contributed by atoms with E-state index in [2.05, 4.69) is 48.7 Å². The normalized spacial score (nSPS) is 11.2. The number of unbranched alkanes of at least 4 members (excludes halogenated alkanes) is 9. The molecule has 0 nitrogen and oxygen atoms in total. The molecule has 1 aromatic rings. The molecule has 0 heterocycles. The number of rotatable bonds is 12. The van der Waals surface area contributed by atoms with Crippen molar-refractivity contribution in [3.8, 4) is 0 Å². The van der Waals surface area contributed by atoms with Crippen molar-refractivity contribution in [3.63, 3.8) is 0 Å². The van der Waals surface area contributed by atoms with Gasteiger partial charge in [-0.2, -0.15) is 0 Å². The van der Waals surface area contributed by atoms with E-state index in [1.54, 1.807) is 0 Å². The van der Waals surface area contributed by atoms with Gasteiger partial charge in [0.2, 0.25) is 0 Å². The van der Waals surface area contributed by atoms with Crippen LogP contribution in [0, 0.1) is 0 Å². The zero-order valence-corrected chi connectivity index (χ0v) is 13.8. The Hall–Kier alpha value is -0.690. The van der Waals surface area contributed by atoms with Crippen LogP contribution in [0.25, 0.3) is 0 Å². The van der Waals surface area contributed by atoms with Crippen LogP contribution in [-0.2, 0) is 0 Å². The minimum absolute atomic E-state index is 1.23.